The van der Waals surface area contributed by atoms with Crippen molar-refractivity contribution in [3.05, 3.63) is 0 Å². The van der Waals surface area contributed by atoms with Crippen molar-refractivity contribution in [3.8, 4) is 0 Å². The van der Waals surface area contributed by atoms with E-state index in [4.69, 9.17) is 14.2 Å². The summed E-state index contributed by atoms with van der Waals surface area (Å²) in [5.41, 5.74) is 0.207. The molecule has 0 aromatic carbocycles. The van der Waals surface area contributed by atoms with Gasteiger partial charge in [0.1, 0.15) is 0 Å². The van der Waals surface area contributed by atoms with Gasteiger partial charge in [-0.3, -0.25) is 0 Å². The van der Waals surface area contributed by atoms with E-state index >= 15 is 0 Å². The largest absolute Gasteiger partial charge is 0.379 e. The second-order valence-corrected chi connectivity index (χ2v) is 7.13. The molecule has 124 valence electrons. The number of ether oxygens (including phenoxy) is 3. The molecule has 0 radical (unpaired) electrons. The van der Waals surface area contributed by atoms with Crippen LogP contribution in [0.3, 0.4) is 0 Å². The van der Waals surface area contributed by atoms with E-state index < -0.39 is 0 Å². The third-order valence-electron chi connectivity index (χ3n) is 5.30. The predicted octanol–water partition coefficient (Wildman–Crippen LogP) is 4.54. The number of hydrogen-bond donors (Lipinski definition) is 0. The van der Waals surface area contributed by atoms with Crippen LogP contribution in [0.5, 0.6) is 0 Å². The lowest BCUT2D eigenvalue weighted by atomic mass is 9.70. The van der Waals surface area contributed by atoms with Gasteiger partial charge >= 0.3 is 0 Å². The summed E-state index contributed by atoms with van der Waals surface area (Å²) in [6.07, 6.45) is 10.3. The van der Waals surface area contributed by atoms with Gasteiger partial charge in [-0.15, -0.1) is 0 Å². The van der Waals surface area contributed by atoms with E-state index in [2.05, 4.69) is 20.8 Å². The van der Waals surface area contributed by atoms with Crippen LogP contribution in [0.25, 0.3) is 0 Å². The van der Waals surface area contributed by atoms with Crippen LogP contribution < -0.4 is 0 Å². The Hall–Kier alpha value is -0.120. The summed E-state index contributed by atoms with van der Waals surface area (Å²) in [5.74, 6) is 0.728. The smallest absolute Gasteiger partial charge is 0.157 e. The maximum absolute atomic E-state index is 6.01. The van der Waals surface area contributed by atoms with E-state index in [1.807, 2.05) is 0 Å². The van der Waals surface area contributed by atoms with Gasteiger partial charge in [0.25, 0.3) is 0 Å². The fourth-order valence-electron chi connectivity index (χ4n) is 3.78. The summed E-state index contributed by atoms with van der Waals surface area (Å²) in [7, 11) is 0. The number of hydrogen-bond acceptors (Lipinski definition) is 3. The zero-order chi connectivity index (χ0) is 15.1. The molecule has 1 saturated heterocycles. The van der Waals surface area contributed by atoms with Crippen molar-refractivity contribution >= 4 is 0 Å². The summed E-state index contributed by atoms with van der Waals surface area (Å²) in [6.45, 7) is 9.26. The average molecular weight is 298 g/mol. The molecule has 0 aromatic rings. The van der Waals surface area contributed by atoms with Gasteiger partial charge in [-0.25, -0.2) is 0 Å². The molecule has 3 heteroatoms. The highest BCUT2D eigenvalue weighted by Gasteiger charge is 2.41. The highest BCUT2D eigenvalue weighted by Crippen LogP contribution is 2.42. The van der Waals surface area contributed by atoms with E-state index in [0.717, 1.165) is 32.2 Å². The third kappa shape index (κ3) is 4.94. The minimum atomic E-state index is 0.0457. The van der Waals surface area contributed by atoms with Gasteiger partial charge in [0.15, 0.2) is 6.29 Å². The number of rotatable bonds is 7. The van der Waals surface area contributed by atoms with Gasteiger partial charge in [0.05, 0.1) is 19.3 Å². The highest BCUT2D eigenvalue weighted by molar-refractivity contribution is 4.88. The van der Waals surface area contributed by atoms with Gasteiger partial charge in [0.2, 0.25) is 0 Å². The molecular weight excluding hydrogens is 264 g/mol. The SMILES string of the molecule is CCCCC[C@H]1OC[C@@](C)(C2CCC(OCC)CC2)CO1. The Morgan fingerprint density at radius 2 is 1.67 bits per heavy atom. The van der Waals surface area contributed by atoms with Gasteiger partial charge in [-0.2, -0.15) is 0 Å². The maximum atomic E-state index is 6.01. The van der Waals surface area contributed by atoms with Crippen LogP contribution in [0.2, 0.25) is 0 Å². The monoisotopic (exact) mass is 298 g/mol. The highest BCUT2D eigenvalue weighted by atomic mass is 16.7. The van der Waals surface area contributed by atoms with E-state index in [1.165, 1.54) is 44.9 Å². The van der Waals surface area contributed by atoms with E-state index in [9.17, 15) is 0 Å². The molecule has 0 amide bonds. The summed E-state index contributed by atoms with van der Waals surface area (Å²) >= 11 is 0. The molecule has 1 aliphatic carbocycles. The minimum absolute atomic E-state index is 0.0457. The standard InChI is InChI=1S/C18H34O3/c1-4-6-7-8-17-20-13-18(3,14-21-17)15-9-11-16(12-10-15)19-5-2/h15-17H,4-14H2,1-3H3/t15?,16?,17-,18+. The lowest BCUT2D eigenvalue weighted by Crippen LogP contribution is -2.46. The molecule has 1 aliphatic heterocycles. The van der Waals surface area contributed by atoms with Crippen molar-refractivity contribution in [3.63, 3.8) is 0 Å². The molecule has 0 spiro atoms. The lowest BCUT2D eigenvalue weighted by Gasteiger charge is -2.45. The summed E-state index contributed by atoms with van der Waals surface area (Å²) in [4.78, 5) is 0. The van der Waals surface area contributed by atoms with E-state index in [1.54, 1.807) is 0 Å². The predicted molar refractivity (Wildman–Crippen MR) is 85.3 cm³/mol. The molecule has 0 aromatic heterocycles. The summed E-state index contributed by atoms with van der Waals surface area (Å²) in [5, 5.41) is 0. The Morgan fingerprint density at radius 1 is 1.00 bits per heavy atom. The van der Waals surface area contributed by atoms with Crippen molar-refractivity contribution < 1.29 is 14.2 Å². The van der Waals surface area contributed by atoms with Gasteiger partial charge in [-0.1, -0.05) is 26.7 Å². The molecule has 1 heterocycles. The first-order valence-corrected chi connectivity index (χ1v) is 9.02. The molecule has 0 N–H and O–H groups in total. The molecule has 0 unspecified atom stereocenters. The van der Waals surface area contributed by atoms with Crippen LogP contribution in [-0.2, 0) is 14.2 Å². The molecule has 2 rings (SSSR count). The second-order valence-electron chi connectivity index (χ2n) is 7.13. The van der Waals surface area contributed by atoms with Gasteiger partial charge in [0, 0.05) is 12.0 Å². The molecule has 3 nitrogen and oxygen atoms in total. The lowest BCUT2D eigenvalue weighted by molar-refractivity contribution is -0.242. The zero-order valence-corrected chi connectivity index (χ0v) is 14.2. The third-order valence-corrected chi connectivity index (χ3v) is 5.30. The molecular formula is C18H34O3. The Kier molecular flexibility index (Phi) is 6.97. The quantitative estimate of drug-likeness (QED) is 0.646. The van der Waals surface area contributed by atoms with Crippen LogP contribution in [-0.4, -0.2) is 32.2 Å². The summed E-state index contributed by atoms with van der Waals surface area (Å²) < 4.78 is 17.8. The zero-order valence-electron chi connectivity index (χ0n) is 14.2. The molecule has 0 atom stereocenters. The molecule has 1 saturated carbocycles. The summed E-state index contributed by atoms with van der Waals surface area (Å²) in [6, 6.07) is 0. The van der Waals surface area contributed by atoms with Crippen LogP contribution in [0, 0.1) is 11.3 Å². The van der Waals surface area contributed by atoms with Gasteiger partial charge in [-0.05, 0) is 51.4 Å². The fourth-order valence-corrected chi connectivity index (χ4v) is 3.78. The topological polar surface area (TPSA) is 27.7 Å². The van der Waals surface area contributed by atoms with Crippen molar-refractivity contribution in [2.45, 2.75) is 84.5 Å². The Labute approximate surface area is 130 Å². The first kappa shape index (κ1) is 17.2. The van der Waals surface area contributed by atoms with Crippen molar-refractivity contribution in [1.29, 1.82) is 0 Å². The van der Waals surface area contributed by atoms with Crippen LogP contribution in [0.1, 0.15) is 72.1 Å². The Bertz CT molecular complexity index is 276. The molecule has 2 aliphatic rings. The fraction of sp³-hybridized carbons (Fsp3) is 1.00. The van der Waals surface area contributed by atoms with E-state index in [-0.39, 0.29) is 11.7 Å². The first-order chi connectivity index (χ1) is 10.2. The minimum Gasteiger partial charge on any atom is -0.379 e. The second kappa shape index (κ2) is 8.50. The number of unbranched alkanes of at least 4 members (excludes halogenated alkanes) is 2. The van der Waals surface area contributed by atoms with Crippen molar-refractivity contribution in [2.75, 3.05) is 19.8 Å². The van der Waals surface area contributed by atoms with Crippen LogP contribution >= 0.6 is 0 Å². The maximum Gasteiger partial charge on any atom is 0.157 e. The van der Waals surface area contributed by atoms with Crippen molar-refractivity contribution in [2.24, 2.45) is 11.3 Å². The van der Waals surface area contributed by atoms with Crippen molar-refractivity contribution in [1.82, 2.24) is 0 Å². The van der Waals surface area contributed by atoms with E-state index in [0.29, 0.717) is 6.10 Å². The van der Waals surface area contributed by atoms with Crippen LogP contribution in [0.15, 0.2) is 0 Å². The normalized spacial score (nSPS) is 37.6. The Balaban J connectivity index is 1.72. The Morgan fingerprint density at radius 3 is 2.24 bits per heavy atom. The molecule has 0 bridgehead atoms. The van der Waals surface area contributed by atoms with Gasteiger partial charge < -0.3 is 14.2 Å². The first-order valence-electron chi connectivity index (χ1n) is 9.02. The average Bonchev–Trinajstić information content (AvgIpc) is 2.51. The molecule has 2 fully saturated rings. The van der Waals surface area contributed by atoms with Crippen LogP contribution in [0.4, 0.5) is 0 Å². The molecule has 21 heavy (non-hydrogen) atoms.